The van der Waals surface area contributed by atoms with Crippen molar-refractivity contribution < 1.29 is 14.3 Å². The molecule has 0 saturated carbocycles. The molecule has 0 bridgehead atoms. The molecule has 3 heterocycles. The summed E-state index contributed by atoms with van der Waals surface area (Å²) >= 11 is 0. The molecule has 6 heteroatoms. The van der Waals surface area contributed by atoms with Gasteiger partial charge in [-0.15, -0.1) is 0 Å². The van der Waals surface area contributed by atoms with Gasteiger partial charge in [0.05, 0.1) is 14.2 Å². The fraction of sp³-hybridized carbons (Fsp3) is 0.318. The number of likely N-dealkylation sites (tertiary alicyclic amines) is 1. The first-order valence-electron chi connectivity index (χ1n) is 9.42. The Morgan fingerprint density at radius 1 is 1.04 bits per heavy atom. The SMILES string of the molecule is COc1cc(OC)cc(C(=O)N2CCC(c3ccc4cccnc4n3)CC2)c1. The molecule has 1 amide bonds. The second-order valence-corrected chi connectivity index (χ2v) is 6.95. The Labute approximate surface area is 164 Å². The largest absolute Gasteiger partial charge is 0.497 e. The molecule has 28 heavy (non-hydrogen) atoms. The number of ether oxygens (including phenoxy) is 2. The van der Waals surface area contributed by atoms with E-state index >= 15 is 0 Å². The second-order valence-electron chi connectivity index (χ2n) is 6.95. The molecule has 0 aliphatic carbocycles. The summed E-state index contributed by atoms with van der Waals surface area (Å²) in [6.45, 7) is 1.40. The van der Waals surface area contributed by atoms with Crippen molar-refractivity contribution in [2.75, 3.05) is 27.3 Å². The molecule has 144 valence electrons. The number of pyridine rings is 2. The van der Waals surface area contributed by atoms with E-state index in [2.05, 4.69) is 17.1 Å². The van der Waals surface area contributed by atoms with Crippen LogP contribution >= 0.6 is 0 Å². The molecule has 0 N–H and O–H groups in total. The number of rotatable bonds is 4. The number of carbonyl (C=O) groups is 1. The quantitative estimate of drug-likeness (QED) is 0.694. The van der Waals surface area contributed by atoms with Crippen molar-refractivity contribution in [3.8, 4) is 11.5 Å². The van der Waals surface area contributed by atoms with Crippen LogP contribution in [-0.4, -0.2) is 48.1 Å². The second kappa shape index (κ2) is 7.84. The van der Waals surface area contributed by atoms with Crippen LogP contribution in [0.2, 0.25) is 0 Å². The Morgan fingerprint density at radius 3 is 2.43 bits per heavy atom. The molecule has 1 aliphatic heterocycles. The third-order valence-electron chi connectivity index (χ3n) is 5.28. The molecule has 6 nitrogen and oxygen atoms in total. The number of aromatic nitrogens is 2. The van der Waals surface area contributed by atoms with Gasteiger partial charge in [0.1, 0.15) is 11.5 Å². The van der Waals surface area contributed by atoms with Crippen molar-refractivity contribution in [1.82, 2.24) is 14.9 Å². The highest BCUT2D eigenvalue weighted by Crippen LogP contribution is 2.30. The van der Waals surface area contributed by atoms with Gasteiger partial charge in [-0.3, -0.25) is 4.79 Å². The number of piperidine rings is 1. The molecule has 1 fully saturated rings. The van der Waals surface area contributed by atoms with E-state index in [1.54, 1.807) is 38.6 Å². The lowest BCUT2D eigenvalue weighted by Crippen LogP contribution is -2.38. The Morgan fingerprint density at radius 2 is 1.75 bits per heavy atom. The number of amides is 1. The maximum absolute atomic E-state index is 12.9. The molecule has 1 saturated heterocycles. The summed E-state index contributed by atoms with van der Waals surface area (Å²) in [5.74, 6) is 1.58. The highest BCUT2D eigenvalue weighted by Gasteiger charge is 2.26. The maximum Gasteiger partial charge on any atom is 0.254 e. The van der Waals surface area contributed by atoms with Crippen LogP contribution in [0.25, 0.3) is 11.0 Å². The minimum atomic E-state index is 0.00351. The average Bonchev–Trinajstić information content (AvgIpc) is 2.78. The molecule has 2 aromatic heterocycles. The molecule has 0 radical (unpaired) electrons. The van der Waals surface area contributed by atoms with E-state index in [0.717, 1.165) is 29.6 Å². The molecular formula is C22H23N3O3. The van der Waals surface area contributed by atoms with Gasteiger partial charge in [0.2, 0.25) is 0 Å². The van der Waals surface area contributed by atoms with Crippen molar-refractivity contribution in [3.05, 3.63) is 59.9 Å². The lowest BCUT2D eigenvalue weighted by molar-refractivity contribution is 0.0711. The van der Waals surface area contributed by atoms with Crippen LogP contribution in [-0.2, 0) is 0 Å². The fourth-order valence-corrected chi connectivity index (χ4v) is 3.69. The zero-order chi connectivity index (χ0) is 19.5. The van der Waals surface area contributed by atoms with E-state index in [1.807, 2.05) is 17.0 Å². The maximum atomic E-state index is 12.9. The van der Waals surface area contributed by atoms with Crippen molar-refractivity contribution in [1.29, 1.82) is 0 Å². The summed E-state index contributed by atoms with van der Waals surface area (Å²) in [5.41, 5.74) is 2.42. The van der Waals surface area contributed by atoms with Crippen LogP contribution in [0.5, 0.6) is 11.5 Å². The van der Waals surface area contributed by atoms with Crippen molar-refractivity contribution in [3.63, 3.8) is 0 Å². The van der Waals surface area contributed by atoms with Crippen LogP contribution in [0.4, 0.5) is 0 Å². The minimum absolute atomic E-state index is 0.00351. The first kappa shape index (κ1) is 18.2. The molecule has 4 rings (SSSR count). The van der Waals surface area contributed by atoms with Gasteiger partial charge in [-0.25, -0.2) is 9.97 Å². The first-order chi connectivity index (χ1) is 13.7. The smallest absolute Gasteiger partial charge is 0.254 e. The van der Waals surface area contributed by atoms with Crippen molar-refractivity contribution >= 4 is 16.9 Å². The number of carbonyl (C=O) groups excluding carboxylic acids is 1. The number of nitrogens with zero attached hydrogens (tertiary/aromatic N) is 3. The van der Waals surface area contributed by atoms with E-state index in [-0.39, 0.29) is 5.91 Å². The summed E-state index contributed by atoms with van der Waals surface area (Å²) in [6, 6.07) is 13.4. The van der Waals surface area contributed by atoms with Gasteiger partial charge >= 0.3 is 0 Å². The predicted octanol–water partition coefficient (Wildman–Crippen LogP) is 3.67. The molecule has 0 unspecified atom stereocenters. The monoisotopic (exact) mass is 377 g/mol. The van der Waals surface area contributed by atoms with Gasteiger partial charge in [-0.05, 0) is 49.2 Å². The van der Waals surface area contributed by atoms with E-state index in [9.17, 15) is 4.79 Å². The van der Waals surface area contributed by atoms with Gasteiger partial charge in [0, 0.05) is 47.9 Å². The van der Waals surface area contributed by atoms with Crippen LogP contribution in [0.15, 0.2) is 48.7 Å². The third kappa shape index (κ3) is 3.63. The molecule has 0 atom stereocenters. The molecule has 1 aliphatic rings. The Hall–Kier alpha value is -3.15. The van der Waals surface area contributed by atoms with Crippen LogP contribution in [0.3, 0.4) is 0 Å². The topological polar surface area (TPSA) is 64.6 Å². The summed E-state index contributed by atoms with van der Waals surface area (Å²) in [5, 5.41) is 1.05. The highest BCUT2D eigenvalue weighted by atomic mass is 16.5. The fourth-order valence-electron chi connectivity index (χ4n) is 3.69. The third-order valence-corrected chi connectivity index (χ3v) is 5.28. The highest BCUT2D eigenvalue weighted by molar-refractivity contribution is 5.95. The minimum Gasteiger partial charge on any atom is -0.497 e. The van der Waals surface area contributed by atoms with Crippen LogP contribution in [0, 0.1) is 0 Å². The van der Waals surface area contributed by atoms with E-state index in [1.165, 1.54) is 0 Å². The number of methoxy groups -OCH3 is 2. The summed E-state index contributed by atoms with van der Waals surface area (Å²) in [4.78, 5) is 23.9. The molecule has 3 aromatic rings. The lowest BCUT2D eigenvalue weighted by Gasteiger charge is -2.32. The van der Waals surface area contributed by atoms with Crippen LogP contribution < -0.4 is 9.47 Å². The summed E-state index contributed by atoms with van der Waals surface area (Å²) in [6.07, 6.45) is 3.54. The average molecular weight is 377 g/mol. The predicted molar refractivity (Wildman–Crippen MR) is 107 cm³/mol. The Kier molecular flexibility index (Phi) is 5.10. The molecular weight excluding hydrogens is 354 g/mol. The van der Waals surface area contributed by atoms with Crippen LogP contribution in [0.1, 0.15) is 34.8 Å². The Bertz CT molecular complexity index is 975. The van der Waals surface area contributed by atoms with Gasteiger partial charge < -0.3 is 14.4 Å². The van der Waals surface area contributed by atoms with Gasteiger partial charge in [-0.2, -0.15) is 0 Å². The number of hydrogen-bond acceptors (Lipinski definition) is 5. The van der Waals surface area contributed by atoms with Gasteiger partial charge in [0.15, 0.2) is 5.65 Å². The van der Waals surface area contributed by atoms with Crippen molar-refractivity contribution in [2.24, 2.45) is 0 Å². The zero-order valence-corrected chi connectivity index (χ0v) is 16.1. The van der Waals surface area contributed by atoms with E-state index < -0.39 is 0 Å². The standard InChI is InChI=1S/C22H23N3O3/c1-27-18-12-17(13-19(14-18)28-2)22(26)25-10-7-15(8-11-25)20-6-5-16-4-3-9-23-21(16)24-20/h3-6,9,12-15H,7-8,10-11H2,1-2H3. The summed E-state index contributed by atoms with van der Waals surface area (Å²) < 4.78 is 10.6. The van der Waals surface area contributed by atoms with Gasteiger partial charge in [-0.1, -0.05) is 0 Å². The van der Waals surface area contributed by atoms with E-state index in [0.29, 0.717) is 36.1 Å². The summed E-state index contributed by atoms with van der Waals surface area (Å²) in [7, 11) is 3.17. The van der Waals surface area contributed by atoms with E-state index in [4.69, 9.17) is 14.5 Å². The van der Waals surface area contributed by atoms with Gasteiger partial charge in [0.25, 0.3) is 5.91 Å². The number of fused-ring (bicyclic) bond motifs is 1. The zero-order valence-electron chi connectivity index (χ0n) is 16.1. The number of hydrogen-bond donors (Lipinski definition) is 0. The Balaban J connectivity index is 1.46. The molecule has 1 aromatic carbocycles. The lowest BCUT2D eigenvalue weighted by atomic mass is 9.92. The number of benzene rings is 1. The van der Waals surface area contributed by atoms with Crippen molar-refractivity contribution in [2.45, 2.75) is 18.8 Å². The normalized spacial score (nSPS) is 14.9. The molecule has 0 spiro atoms. The first-order valence-corrected chi connectivity index (χ1v) is 9.42.